The zero-order chi connectivity index (χ0) is 15.5. The van der Waals surface area contributed by atoms with E-state index in [0.717, 1.165) is 5.56 Å². The van der Waals surface area contributed by atoms with Gasteiger partial charge >= 0.3 is 0 Å². The van der Waals surface area contributed by atoms with Gasteiger partial charge < -0.3 is 0 Å². The van der Waals surface area contributed by atoms with Crippen molar-refractivity contribution in [1.29, 1.82) is 5.26 Å². The number of benzene rings is 2. The van der Waals surface area contributed by atoms with E-state index in [1.165, 1.54) is 12.1 Å². The van der Waals surface area contributed by atoms with Gasteiger partial charge in [-0.2, -0.15) is 5.26 Å². The van der Waals surface area contributed by atoms with Crippen LogP contribution in [0.4, 0.5) is 5.69 Å². The van der Waals surface area contributed by atoms with Crippen LogP contribution in [0.1, 0.15) is 5.56 Å². The second-order valence-corrected chi connectivity index (χ2v) is 7.57. The lowest BCUT2D eigenvalue weighted by Gasteiger charge is -2.11. The molecule has 0 saturated heterocycles. The van der Waals surface area contributed by atoms with Gasteiger partial charge in [0.2, 0.25) is 0 Å². The number of halogens is 2. The summed E-state index contributed by atoms with van der Waals surface area (Å²) in [5.41, 5.74) is 1.22. The van der Waals surface area contributed by atoms with Crippen molar-refractivity contribution in [3.8, 4) is 6.07 Å². The van der Waals surface area contributed by atoms with Crippen LogP contribution in [0.25, 0.3) is 0 Å². The lowest BCUT2D eigenvalue weighted by atomic mass is 10.2. The zero-order valence-electron chi connectivity index (χ0n) is 10.7. The quantitative estimate of drug-likeness (QED) is 0.795. The summed E-state index contributed by atoms with van der Waals surface area (Å²) in [6.45, 7) is 0. The number of para-hydroxylation sites is 1. The predicted molar refractivity (Wildman–Crippen MR) is 88.4 cm³/mol. The maximum absolute atomic E-state index is 12.4. The van der Waals surface area contributed by atoms with Crippen LogP contribution in [0.15, 0.2) is 56.3 Å². The Balaban J connectivity index is 2.32. The number of anilines is 1. The molecule has 1 N–H and O–H groups in total. The number of hydrogen-bond donors (Lipinski definition) is 1. The van der Waals surface area contributed by atoms with Gasteiger partial charge in [-0.25, -0.2) is 8.42 Å². The molecule has 0 aliphatic heterocycles. The summed E-state index contributed by atoms with van der Waals surface area (Å²) in [5.74, 6) is 0. The van der Waals surface area contributed by atoms with E-state index >= 15 is 0 Å². The van der Waals surface area contributed by atoms with Crippen molar-refractivity contribution < 1.29 is 8.42 Å². The van der Waals surface area contributed by atoms with Crippen molar-refractivity contribution in [3.63, 3.8) is 0 Å². The maximum Gasteiger partial charge on any atom is 0.261 e. The molecule has 0 aromatic heterocycles. The average molecular weight is 430 g/mol. The first-order valence-electron chi connectivity index (χ1n) is 5.87. The fourth-order valence-corrected chi connectivity index (χ4v) is 4.23. The second-order valence-electron chi connectivity index (χ2n) is 4.18. The van der Waals surface area contributed by atoms with Gasteiger partial charge in [0, 0.05) is 8.95 Å². The Hall–Kier alpha value is -1.36. The Morgan fingerprint density at radius 1 is 1.05 bits per heavy atom. The van der Waals surface area contributed by atoms with Crippen LogP contribution in [0, 0.1) is 11.3 Å². The Morgan fingerprint density at radius 2 is 1.62 bits per heavy atom. The Kier molecular flexibility index (Phi) is 5.04. The van der Waals surface area contributed by atoms with Crippen LogP contribution in [-0.4, -0.2) is 8.42 Å². The fourth-order valence-electron chi connectivity index (χ4n) is 1.67. The number of nitrogens with one attached hydrogen (secondary N) is 1. The SMILES string of the molecule is N#CCc1ccc(S(=O)(=O)Nc2c(Br)cccc2Br)cc1. The van der Waals surface area contributed by atoms with Crippen LogP contribution in [0.5, 0.6) is 0 Å². The monoisotopic (exact) mass is 428 g/mol. The van der Waals surface area contributed by atoms with E-state index in [9.17, 15) is 8.42 Å². The molecule has 0 atom stereocenters. The largest absolute Gasteiger partial charge is 0.277 e. The van der Waals surface area contributed by atoms with E-state index in [1.54, 1.807) is 30.3 Å². The summed E-state index contributed by atoms with van der Waals surface area (Å²) in [6, 6.07) is 13.5. The topological polar surface area (TPSA) is 70.0 Å². The predicted octanol–water partition coefficient (Wildman–Crippen LogP) is 4.08. The Bertz CT molecular complexity index is 776. The molecule has 0 fully saturated rings. The minimum absolute atomic E-state index is 0.145. The van der Waals surface area contributed by atoms with Crippen molar-refractivity contribution in [2.45, 2.75) is 11.3 Å². The van der Waals surface area contributed by atoms with Gasteiger partial charge in [-0.3, -0.25) is 4.72 Å². The molecule has 0 heterocycles. The van der Waals surface area contributed by atoms with E-state index in [2.05, 4.69) is 36.6 Å². The number of rotatable bonds is 4. The molecule has 2 rings (SSSR count). The second kappa shape index (κ2) is 6.60. The molecule has 0 radical (unpaired) electrons. The van der Waals surface area contributed by atoms with Gasteiger partial charge in [0.15, 0.2) is 0 Å². The minimum Gasteiger partial charge on any atom is -0.277 e. The molecule has 2 aromatic carbocycles. The van der Waals surface area contributed by atoms with E-state index < -0.39 is 10.0 Å². The molecule has 0 aliphatic rings. The lowest BCUT2D eigenvalue weighted by molar-refractivity contribution is 0.601. The standard InChI is InChI=1S/C14H10Br2N2O2S/c15-12-2-1-3-13(16)14(12)18-21(19,20)11-6-4-10(5-7-11)8-9-17/h1-7,18H,8H2. The van der Waals surface area contributed by atoms with E-state index in [-0.39, 0.29) is 11.3 Å². The lowest BCUT2D eigenvalue weighted by Crippen LogP contribution is -2.13. The molecule has 0 unspecified atom stereocenters. The van der Waals surface area contributed by atoms with Gasteiger partial charge in [-0.05, 0) is 61.7 Å². The van der Waals surface area contributed by atoms with Crippen molar-refractivity contribution in [2.75, 3.05) is 4.72 Å². The number of nitrogens with zero attached hydrogens (tertiary/aromatic N) is 1. The molecule has 0 spiro atoms. The number of hydrogen-bond acceptors (Lipinski definition) is 3. The third kappa shape index (κ3) is 3.84. The van der Waals surface area contributed by atoms with Crippen LogP contribution in [0.3, 0.4) is 0 Å². The molecular formula is C14H10Br2N2O2S. The van der Waals surface area contributed by atoms with Crippen LogP contribution in [-0.2, 0) is 16.4 Å². The first kappa shape index (κ1) is 16.0. The summed E-state index contributed by atoms with van der Waals surface area (Å²) >= 11 is 6.62. The number of nitriles is 1. The molecule has 2 aromatic rings. The van der Waals surface area contributed by atoms with Crippen LogP contribution >= 0.6 is 31.9 Å². The first-order valence-corrected chi connectivity index (χ1v) is 8.93. The smallest absolute Gasteiger partial charge is 0.261 e. The normalized spacial score (nSPS) is 10.9. The van der Waals surface area contributed by atoms with Gasteiger partial charge in [0.05, 0.1) is 23.1 Å². The van der Waals surface area contributed by atoms with E-state index in [4.69, 9.17) is 5.26 Å². The zero-order valence-corrected chi connectivity index (χ0v) is 14.7. The third-order valence-corrected chi connectivity index (χ3v) is 5.40. The average Bonchev–Trinajstić information content (AvgIpc) is 2.44. The molecule has 21 heavy (non-hydrogen) atoms. The molecular weight excluding hydrogens is 420 g/mol. The highest BCUT2D eigenvalue weighted by atomic mass is 79.9. The molecule has 0 amide bonds. The van der Waals surface area contributed by atoms with Gasteiger partial charge in [0.25, 0.3) is 10.0 Å². The van der Waals surface area contributed by atoms with E-state index in [1.807, 2.05) is 6.07 Å². The highest BCUT2D eigenvalue weighted by Crippen LogP contribution is 2.32. The molecule has 0 bridgehead atoms. The van der Waals surface area contributed by atoms with Crippen LogP contribution < -0.4 is 4.72 Å². The van der Waals surface area contributed by atoms with Crippen molar-refractivity contribution in [1.82, 2.24) is 0 Å². The summed E-state index contributed by atoms with van der Waals surface area (Å²) in [6.07, 6.45) is 0.254. The molecule has 0 aliphatic carbocycles. The summed E-state index contributed by atoms with van der Waals surface area (Å²) < 4.78 is 28.5. The minimum atomic E-state index is -3.68. The van der Waals surface area contributed by atoms with Crippen molar-refractivity contribution in [2.24, 2.45) is 0 Å². The Morgan fingerprint density at radius 3 is 2.14 bits per heavy atom. The third-order valence-electron chi connectivity index (χ3n) is 2.72. The summed E-state index contributed by atoms with van der Waals surface area (Å²) in [5, 5.41) is 8.61. The highest BCUT2D eigenvalue weighted by molar-refractivity contribution is 9.11. The van der Waals surface area contributed by atoms with Gasteiger partial charge in [-0.15, -0.1) is 0 Å². The molecule has 7 heteroatoms. The number of sulfonamides is 1. The maximum atomic E-state index is 12.4. The fraction of sp³-hybridized carbons (Fsp3) is 0.0714. The molecule has 108 valence electrons. The van der Waals surface area contributed by atoms with E-state index in [0.29, 0.717) is 14.6 Å². The van der Waals surface area contributed by atoms with Gasteiger partial charge in [-0.1, -0.05) is 18.2 Å². The molecule has 0 saturated carbocycles. The van der Waals surface area contributed by atoms with Crippen LogP contribution in [0.2, 0.25) is 0 Å². The highest BCUT2D eigenvalue weighted by Gasteiger charge is 2.17. The van der Waals surface area contributed by atoms with Crippen molar-refractivity contribution >= 4 is 47.6 Å². The molecule has 4 nitrogen and oxygen atoms in total. The summed E-state index contributed by atoms with van der Waals surface area (Å²) in [4.78, 5) is 0.145. The Labute approximate surface area is 140 Å². The summed E-state index contributed by atoms with van der Waals surface area (Å²) in [7, 11) is -3.68. The van der Waals surface area contributed by atoms with Gasteiger partial charge in [0.1, 0.15) is 0 Å². The first-order chi connectivity index (χ1) is 9.94. The van der Waals surface area contributed by atoms with Crippen molar-refractivity contribution in [3.05, 3.63) is 57.0 Å².